The first-order chi connectivity index (χ1) is 5.33. The maximum absolute atomic E-state index is 3.96. The Hall–Kier alpha value is 0.0500. The average Bonchev–Trinajstić information content (AvgIpc) is 2.52. The van der Waals surface area contributed by atoms with E-state index in [1.165, 1.54) is 23.5 Å². The minimum Gasteiger partial charge on any atom is -0.309 e. The molecule has 1 aliphatic rings. The van der Waals surface area contributed by atoms with Gasteiger partial charge in [-0.3, -0.25) is 0 Å². The van der Waals surface area contributed by atoms with Crippen LogP contribution in [0.3, 0.4) is 0 Å². The number of hydrogen-bond donors (Lipinski definition) is 1. The summed E-state index contributed by atoms with van der Waals surface area (Å²) < 4.78 is 0. The fraction of sp³-hybridized carbons (Fsp3) is 0.778. The van der Waals surface area contributed by atoms with Crippen LogP contribution in [0.5, 0.6) is 0 Å². The van der Waals surface area contributed by atoms with Crippen LogP contribution in [0.1, 0.15) is 19.8 Å². The van der Waals surface area contributed by atoms with Gasteiger partial charge in [0.2, 0.25) is 0 Å². The summed E-state index contributed by atoms with van der Waals surface area (Å²) in [6.07, 6.45) is 2.44. The molecule has 11 heavy (non-hydrogen) atoms. The molecule has 0 amide bonds. The van der Waals surface area contributed by atoms with Gasteiger partial charge in [0.25, 0.3) is 0 Å². The van der Waals surface area contributed by atoms with Crippen molar-refractivity contribution < 1.29 is 0 Å². The molecule has 0 aromatic heterocycles. The molecule has 0 radical (unpaired) electrons. The van der Waals surface area contributed by atoms with Crippen LogP contribution in [0.25, 0.3) is 0 Å². The lowest BCUT2D eigenvalue weighted by molar-refractivity contribution is 0.582. The van der Waals surface area contributed by atoms with Crippen LogP contribution < -0.4 is 5.32 Å². The molecule has 64 valence electrons. The molecule has 0 saturated carbocycles. The molecule has 1 saturated heterocycles. The molecule has 1 aliphatic heterocycles. The Morgan fingerprint density at radius 3 is 3.09 bits per heavy atom. The lowest BCUT2D eigenvalue weighted by Crippen LogP contribution is -2.30. The second-order valence-corrected chi connectivity index (χ2v) is 4.19. The minimum absolute atomic E-state index is 0.753. The van der Waals surface area contributed by atoms with Gasteiger partial charge >= 0.3 is 0 Å². The molecular formula is C9H17NS. The zero-order chi connectivity index (χ0) is 8.10. The maximum Gasteiger partial charge on any atom is 0.0169 e. The largest absolute Gasteiger partial charge is 0.309 e. The van der Waals surface area contributed by atoms with E-state index >= 15 is 0 Å². The van der Waals surface area contributed by atoms with Crippen molar-refractivity contribution in [1.82, 2.24) is 5.32 Å². The molecule has 1 rings (SSSR count). The highest BCUT2D eigenvalue weighted by Crippen LogP contribution is 2.16. The standard InChI is InChI=1S/C9H17NS/c1-3-8(2)6-10-9-4-5-11-7-9/h9-10H,2-7H2,1H3. The molecule has 0 bridgehead atoms. The molecule has 0 aromatic carbocycles. The van der Waals surface area contributed by atoms with Gasteiger partial charge in [-0.2, -0.15) is 11.8 Å². The van der Waals surface area contributed by atoms with Gasteiger partial charge in [-0.1, -0.05) is 19.1 Å². The van der Waals surface area contributed by atoms with Crippen LogP contribution in [0.15, 0.2) is 12.2 Å². The smallest absolute Gasteiger partial charge is 0.0169 e. The van der Waals surface area contributed by atoms with Gasteiger partial charge in [-0.05, 0) is 18.6 Å². The Balaban J connectivity index is 2.06. The van der Waals surface area contributed by atoms with E-state index in [4.69, 9.17) is 0 Å². The SMILES string of the molecule is C=C(CC)CNC1CCSC1. The Labute approximate surface area is 73.6 Å². The molecule has 1 nitrogen and oxygen atoms in total. The van der Waals surface area contributed by atoms with E-state index in [1.807, 2.05) is 11.8 Å². The van der Waals surface area contributed by atoms with E-state index in [0.717, 1.165) is 19.0 Å². The predicted molar refractivity (Wildman–Crippen MR) is 53.2 cm³/mol. The van der Waals surface area contributed by atoms with Crippen molar-refractivity contribution in [3.8, 4) is 0 Å². The highest BCUT2D eigenvalue weighted by molar-refractivity contribution is 7.99. The molecule has 0 aliphatic carbocycles. The summed E-state index contributed by atoms with van der Waals surface area (Å²) in [5.74, 6) is 2.62. The van der Waals surface area contributed by atoms with E-state index in [1.54, 1.807) is 0 Å². The Kier molecular flexibility index (Phi) is 4.02. The summed E-state index contributed by atoms with van der Waals surface area (Å²) >= 11 is 2.05. The Morgan fingerprint density at radius 2 is 2.55 bits per heavy atom. The molecule has 0 spiro atoms. The molecule has 2 heteroatoms. The monoisotopic (exact) mass is 171 g/mol. The second kappa shape index (κ2) is 4.83. The van der Waals surface area contributed by atoms with Crippen LogP contribution in [-0.4, -0.2) is 24.1 Å². The normalized spacial score (nSPS) is 23.9. The predicted octanol–water partition coefficient (Wildman–Crippen LogP) is 2.05. The Morgan fingerprint density at radius 1 is 1.73 bits per heavy atom. The first kappa shape index (κ1) is 9.14. The lowest BCUT2D eigenvalue weighted by atomic mass is 10.2. The summed E-state index contributed by atoms with van der Waals surface area (Å²) in [5.41, 5.74) is 1.32. The summed E-state index contributed by atoms with van der Waals surface area (Å²) in [6, 6.07) is 0.753. The zero-order valence-electron chi connectivity index (χ0n) is 7.23. The molecule has 1 heterocycles. The van der Waals surface area contributed by atoms with Gasteiger partial charge in [0.05, 0.1) is 0 Å². The Bertz CT molecular complexity index is 128. The second-order valence-electron chi connectivity index (χ2n) is 3.04. The minimum atomic E-state index is 0.753. The van der Waals surface area contributed by atoms with Crippen LogP contribution in [-0.2, 0) is 0 Å². The van der Waals surface area contributed by atoms with Gasteiger partial charge < -0.3 is 5.32 Å². The van der Waals surface area contributed by atoms with Crippen molar-refractivity contribution >= 4 is 11.8 Å². The van der Waals surface area contributed by atoms with Crippen LogP contribution in [0, 0.1) is 0 Å². The van der Waals surface area contributed by atoms with Gasteiger partial charge in [0.15, 0.2) is 0 Å². The lowest BCUT2D eigenvalue weighted by Gasteiger charge is -2.11. The van der Waals surface area contributed by atoms with Crippen molar-refractivity contribution in [2.75, 3.05) is 18.1 Å². The fourth-order valence-corrected chi connectivity index (χ4v) is 2.30. The summed E-state index contributed by atoms with van der Waals surface area (Å²) in [5, 5.41) is 3.51. The van der Waals surface area contributed by atoms with Gasteiger partial charge in [0.1, 0.15) is 0 Å². The highest BCUT2D eigenvalue weighted by Gasteiger charge is 2.13. The molecule has 1 atom stereocenters. The van der Waals surface area contributed by atoms with Crippen LogP contribution in [0.4, 0.5) is 0 Å². The van der Waals surface area contributed by atoms with E-state index in [-0.39, 0.29) is 0 Å². The van der Waals surface area contributed by atoms with Crippen molar-refractivity contribution in [3.63, 3.8) is 0 Å². The third-order valence-electron chi connectivity index (χ3n) is 2.07. The molecule has 1 unspecified atom stereocenters. The molecule has 0 aromatic rings. The number of hydrogen-bond acceptors (Lipinski definition) is 2. The molecular weight excluding hydrogens is 154 g/mol. The van der Waals surface area contributed by atoms with Crippen LogP contribution >= 0.6 is 11.8 Å². The van der Waals surface area contributed by atoms with Crippen molar-refractivity contribution in [2.45, 2.75) is 25.8 Å². The van der Waals surface area contributed by atoms with E-state index < -0.39 is 0 Å². The van der Waals surface area contributed by atoms with Crippen LogP contribution in [0.2, 0.25) is 0 Å². The van der Waals surface area contributed by atoms with Crippen molar-refractivity contribution in [2.24, 2.45) is 0 Å². The number of rotatable bonds is 4. The van der Waals surface area contributed by atoms with E-state index in [0.29, 0.717) is 0 Å². The third kappa shape index (κ3) is 3.30. The van der Waals surface area contributed by atoms with E-state index in [2.05, 4.69) is 18.8 Å². The maximum atomic E-state index is 3.96. The molecule has 1 fully saturated rings. The summed E-state index contributed by atoms with van der Waals surface area (Å²) in [4.78, 5) is 0. The quantitative estimate of drug-likeness (QED) is 0.650. The van der Waals surface area contributed by atoms with Crippen molar-refractivity contribution in [3.05, 3.63) is 12.2 Å². The van der Waals surface area contributed by atoms with Gasteiger partial charge in [-0.25, -0.2) is 0 Å². The average molecular weight is 171 g/mol. The topological polar surface area (TPSA) is 12.0 Å². The van der Waals surface area contributed by atoms with Gasteiger partial charge in [0, 0.05) is 18.3 Å². The first-order valence-electron chi connectivity index (χ1n) is 4.30. The van der Waals surface area contributed by atoms with E-state index in [9.17, 15) is 0 Å². The number of nitrogens with one attached hydrogen (secondary N) is 1. The third-order valence-corrected chi connectivity index (χ3v) is 3.23. The zero-order valence-corrected chi connectivity index (χ0v) is 8.04. The van der Waals surface area contributed by atoms with Crippen molar-refractivity contribution in [1.29, 1.82) is 0 Å². The van der Waals surface area contributed by atoms with Gasteiger partial charge in [-0.15, -0.1) is 0 Å². The number of thioether (sulfide) groups is 1. The molecule has 1 N–H and O–H groups in total. The summed E-state index contributed by atoms with van der Waals surface area (Å²) in [6.45, 7) is 7.14. The summed E-state index contributed by atoms with van der Waals surface area (Å²) in [7, 11) is 0. The highest BCUT2D eigenvalue weighted by atomic mass is 32.2. The first-order valence-corrected chi connectivity index (χ1v) is 5.46. The fourth-order valence-electron chi connectivity index (χ4n) is 1.11.